The summed E-state index contributed by atoms with van der Waals surface area (Å²) in [5, 5.41) is 3.42. The molecule has 1 aromatic carbocycles. The largest absolute Gasteiger partial charge is 0.486 e. The lowest BCUT2D eigenvalue weighted by Crippen LogP contribution is -2.53. The predicted molar refractivity (Wildman–Crippen MR) is 111 cm³/mol. The number of carbonyl (C=O) groups excluding carboxylic acids is 1. The van der Waals surface area contributed by atoms with E-state index in [0.29, 0.717) is 33.0 Å². The third kappa shape index (κ3) is 4.03. The molecule has 3 heterocycles. The zero-order chi connectivity index (χ0) is 20.4. The predicted octanol–water partition coefficient (Wildman–Crippen LogP) is 2.57. The number of nitrogens with one attached hydrogen (secondary N) is 1. The molecule has 30 heavy (non-hydrogen) atoms. The SMILES string of the molecule is O=C(CN1CCCCC1C1OCCO1)NC1(c2ccc3c(c2)OCCO3)CCCC1. The maximum Gasteiger partial charge on any atom is 0.234 e. The highest BCUT2D eigenvalue weighted by Gasteiger charge is 2.39. The van der Waals surface area contributed by atoms with Gasteiger partial charge in [-0.1, -0.05) is 25.3 Å². The summed E-state index contributed by atoms with van der Waals surface area (Å²) in [5.41, 5.74) is 0.800. The zero-order valence-electron chi connectivity index (χ0n) is 17.6. The molecule has 164 valence electrons. The van der Waals surface area contributed by atoms with Gasteiger partial charge in [-0.2, -0.15) is 0 Å². The number of ether oxygens (including phenoxy) is 4. The second-order valence-corrected chi connectivity index (χ2v) is 8.84. The van der Waals surface area contributed by atoms with Crippen LogP contribution in [0.3, 0.4) is 0 Å². The highest BCUT2D eigenvalue weighted by molar-refractivity contribution is 5.79. The Bertz CT molecular complexity index is 758. The summed E-state index contributed by atoms with van der Waals surface area (Å²) >= 11 is 0. The van der Waals surface area contributed by atoms with Crippen molar-refractivity contribution >= 4 is 5.91 Å². The van der Waals surface area contributed by atoms with Crippen molar-refractivity contribution in [3.05, 3.63) is 23.8 Å². The van der Waals surface area contributed by atoms with Gasteiger partial charge in [0.05, 0.1) is 31.3 Å². The summed E-state index contributed by atoms with van der Waals surface area (Å²) in [6, 6.07) is 6.29. The lowest BCUT2D eigenvalue weighted by molar-refractivity contribution is -0.132. The number of fused-ring (bicyclic) bond motifs is 1. The highest BCUT2D eigenvalue weighted by Crippen LogP contribution is 2.42. The fourth-order valence-corrected chi connectivity index (χ4v) is 5.42. The summed E-state index contributed by atoms with van der Waals surface area (Å²) in [6.07, 6.45) is 7.24. The van der Waals surface area contributed by atoms with Crippen LogP contribution in [0.2, 0.25) is 0 Å². The van der Waals surface area contributed by atoms with E-state index in [1.807, 2.05) is 6.07 Å². The van der Waals surface area contributed by atoms with Crippen molar-refractivity contribution < 1.29 is 23.7 Å². The first kappa shape index (κ1) is 20.1. The van der Waals surface area contributed by atoms with Gasteiger partial charge in [0, 0.05) is 0 Å². The van der Waals surface area contributed by atoms with Gasteiger partial charge in [0.15, 0.2) is 17.8 Å². The molecule has 0 radical (unpaired) electrons. The number of carbonyl (C=O) groups is 1. The molecule has 0 bridgehead atoms. The first-order valence-corrected chi connectivity index (χ1v) is 11.4. The van der Waals surface area contributed by atoms with Crippen LogP contribution < -0.4 is 14.8 Å². The highest BCUT2D eigenvalue weighted by atomic mass is 16.7. The molecule has 1 aliphatic carbocycles. The molecule has 1 aromatic rings. The molecule has 5 rings (SSSR count). The molecule has 4 aliphatic rings. The third-order valence-electron chi connectivity index (χ3n) is 6.90. The van der Waals surface area contributed by atoms with E-state index in [9.17, 15) is 4.79 Å². The van der Waals surface area contributed by atoms with Gasteiger partial charge in [0.2, 0.25) is 5.91 Å². The molecule has 1 unspecified atom stereocenters. The number of likely N-dealkylation sites (tertiary alicyclic amines) is 1. The van der Waals surface area contributed by atoms with Crippen LogP contribution in [0.4, 0.5) is 0 Å². The average molecular weight is 417 g/mol. The van der Waals surface area contributed by atoms with Crippen LogP contribution in [0, 0.1) is 0 Å². The topological polar surface area (TPSA) is 69.3 Å². The molecule has 7 heteroatoms. The Morgan fingerprint density at radius 1 is 1.00 bits per heavy atom. The molecule has 1 N–H and O–H groups in total. The lowest BCUT2D eigenvalue weighted by Gasteiger charge is -2.39. The molecular formula is C23H32N2O5. The molecule has 3 aliphatic heterocycles. The minimum absolute atomic E-state index is 0.0803. The summed E-state index contributed by atoms with van der Waals surface area (Å²) in [6.45, 7) is 3.75. The zero-order valence-corrected chi connectivity index (χ0v) is 17.6. The van der Waals surface area contributed by atoms with Crippen molar-refractivity contribution in [2.75, 3.05) is 39.5 Å². The van der Waals surface area contributed by atoms with E-state index in [2.05, 4.69) is 22.3 Å². The first-order chi connectivity index (χ1) is 14.7. The van der Waals surface area contributed by atoms with E-state index in [1.165, 1.54) is 0 Å². The molecule has 1 atom stereocenters. The van der Waals surface area contributed by atoms with Gasteiger partial charge in [0.1, 0.15) is 13.2 Å². The van der Waals surface area contributed by atoms with Crippen molar-refractivity contribution in [2.45, 2.75) is 62.8 Å². The molecule has 2 saturated heterocycles. The van der Waals surface area contributed by atoms with Gasteiger partial charge in [-0.05, 0) is 49.9 Å². The minimum atomic E-state index is -0.321. The summed E-state index contributed by atoms with van der Waals surface area (Å²) < 4.78 is 23.0. The standard InChI is InChI=1S/C23H32N2O5/c26-21(16-25-10-4-1-5-18(25)22-29-13-14-30-22)24-23(8-2-3-9-23)17-6-7-19-20(15-17)28-12-11-27-19/h6-7,15,18,22H,1-5,8-14,16H2,(H,24,26). The Hall–Kier alpha value is -1.83. The van der Waals surface area contributed by atoms with Gasteiger partial charge >= 0.3 is 0 Å². The minimum Gasteiger partial charge on any atom is -0.486 e. The third-order valence-corrected chi connectivity index (χ3v) is 6.90. The van der Waals surface area contributed by atoms with Gasteiger partial charge < -0.3 is 24.3 Å². The maximum absolute atomic E-state index is 13.2. The Morgan fingerprint density at radius 3 is 2.57 bits per heavy atom. The smallest absolute Gasteiger partial charge is 0.234 e. The van der Waals surface area contributed by atoms with Crippen LogP contribution in [0.1, 0.15) is 50.5 Å². The molecule has 7 nitrogen and oxygen atoms in total. The molecular weight excluding hydrogens is 384 g/mol. The fourth-order valence-electron chi connectivity index (χ4n) is 5.42. The second-order valence-electron chi connectivity index (χ2n) is 8.84. The van der Waals surface area contributed by atoms with Crippen LogP contribution >= 0.6 is 0 Å². The molecule has 3 fully saturated rings. The quantitative estimate of drug-likeness (QED) is 0.796. The number of nitrogens with zero attached hydrogens (tertiary/aromatic N) is 1. The second kappa shape index (κ2) is 8.73. The van der Waals surface area contributed by atoms with Gasteiger partial charge in [-0.15, -0.1) is 0 Å². The van der Waals surface area contributed by atoms with Crippen molar-refractivity contribution in [1.29, 1.82) is 0 Å². The van der Waals surface area contributed by atoms with Crippen LogP contribution in [0.25, 0.3) is 0 Å². The molecule has 0 aromatic heterocycles. The van der Waals surface area contributed by atoms with Gasteiger partial charge in [-0.25, -0.2) is 0 Å². The van der Waals surface area contributed by atoms with Crippen molar-refractivity contribution in [3.8, 4) is 11.5 Å². The van der Waals surface area contributed by atoms with Crippen molar-refractivity contribution in [3.63, 3.8) is 0 Å². The van der Waals surface area contributed by atoms with E-state index >= 15 is 0 Å². The van der Waals surface area contributed by atoms with Crippen LogP contribution in [0.5, 0.6) is 11.5 Å². The van der Waals surface area contributed by atoms with Crippen LogP contribution in [-0.2, 0) is 19.8 Å². The average Bonchev–Trinajstić information content (AvgIpc) is 3.47. The van der Waals surface area contributed by atoms with Crippen LogP contribution in [0.15, 0.2) is 18.2 Å². The number of rotatable bonds is 5. The number of hydrogen-bond acceptors (Lipinski definition) is 6. The molecule has 0 spiro atoms. The lowest BCUT2D eigenvalue weighted by atomic mass is 9.87. The van der Waals surface area contributed by atoms with Crippen molar-refractivity contribution in [2.24, 2.45) is 0 Å². The van der Waals surface area contributed by atoms with Crippen LogP contribution in [-0.4, -0.2) is 62.7 Å². The first-order valence-electron chi connectivity index (χ1n) is 11.4. The Balaban J connectivity index is 1.30. The molecule has 1 saturated carbocycles. The van der Waals surface area contributed by atoms with E-state index in [-0.39, 0.29) is 23.8 Å². The number of hydrogen-bond donors (Lipinski definition) is 1. The normalized spacial score (nSPS) is 26.6. The summed E-state index contributed by atoms with van der Waals surface area (Å²) in [4.78, 5) is 15.5. The Labute approximate surface area is 178 Å². The number of amides is 1. The monoisotopic (exact) mass is 416 g/mol. The van der Waals surface area contributed by atoms with E-state index < -0.39 is 0 Å². The maximum atomic E-state index is 13.2. The Morgan fingerprint density at radius 2 is 1.77 bits per heavy atom. The summed E-state index contributed by atoms with van der Waals surface area (Å²) in [5.74, 6) is 1.65. The van der Waals surface area contributed by atoms with E-state index in [0.717, 1.165) is 68.6 Å². The van der Waals surface area contributed by atoms with Crippen molar-refractivity contribution in [1.82, 2.24) is 10.2 Å². The van der Waals surface area contributed by atoms with Gasteiger partial charge in [-0.3, -0.25) is 9.69 Å². The van der Waals surface area contributed by atoms with Gasteiger partial charge in [0.25, 0.3) is 0 Å². The molecule has 1 amide bonds. The van der Waals surface area contributed by atoms with E-state index in [1.54, 1.807) is 0 Å². The summed E-state index contributed by atoms with van der Waals surface area (Å²) in [7, 11) is 0. The number of benzene rings is 1. The Kier molecular flexibility index (Phi) is 5.85. The fraction of sp³-hybridized carbons (Fsp3) is 0.696. The number of piperidine rings is 1. The van der Waals surface area contributed by atoms with E-state index in [4.69, 9.17) is 18.9 Å².